The molecule has 0 atom stereocenters. The van der Waals surface area contributed by atoms with E-state index in [-0.39, 0.29) is 5.97 Å². The monoisotopic (exact) mass is 316 g/mol. The Morgan fingerprint density at radius 1 is 1.30 bits per heavy atom. The Bertz CT molecular complexity index is 596. The third-order valence-corrected chi connectivity index (χ3v) is 3.55. The summed E-state index contributed by atoms with van der Waals surface area (Å²) >= 11 is 0. The van der Waals surface area contributed by atoms with Crippen molar-refractivity contribution in [3.63, 3.8) is 0 Å². The van der Waals surface area contributed by atoms with Gasteiger partial charge in [0.05, 0.1) is 5.41 Å². The molecule has 0 aromatic heterocycles. The van der Waals surface area contributed by atoms with Crippen molar-refractivity contribution in [1.82, 2.24) is 0 Å². The SMILES string of the molecule is CC=N/C(=C\CN)Cc1cccc(COC(=O)C(C)(C)C)c1C. The molecule has 1 aromatic rings. The molecule has 0 amide bonds. The fraction of sp³-hybridized carbons (Fsp3) is 0.474. The van der Waals surface area contributed by atoms with E-state index in [1.807, 2.05) is 52.8 Å². The molecule has 0 fully saturated rings. The summed E-state index contributed by atoms with van der Waals surface area (Å²) in [5.74, 6) is -0.193. The lowest BCUT2D eigenvalue weighted by molar-refractivity contribution is -0.154. The van der Waals surface area contributed by atoms with Crippen LogP contribution in [0, 0.1) is 12.3 Å². The standard InChI is InChI=1S/C19H28N2O2/c1-6-21-17(10-11-20)12-15-8-7-9-16(14(15)2)13-23-18(22)19(3,4)5/h6-10H,11-13,20H2,1-5H3/b17-10-,21-6?. The second-order valence-electron chi connectivity index (χ2n) is 6.52. The lowest BCUT2D eigenvalue weighted by Crippen LogP contribution is -2.22. The first kappa shape index (κ1) is 19.1. The number of rotatable bonds is 6. The van der Waals surface area contributed by atoms with E-state index in [4.69, 9.17) is 10.5 Å². The molecule has 0 saturated heterocycles. The smallest absolute Gasteiger partial charge is 0.311 e. The Morgan fingerprint density at radius 2 is 1.96 bits per heavy atom. The third-order valence-electron chi connectivity index (χ3n) is 3.55. The maximum Gasteiger partial charge on any atom is 0.311 e. The Balaban J connectivity index is 2.90. The number of carbonyl (C=O) groups excluding carboxylic acids is 1. The summed E-state index contributed by atoms with van der Waals surface area (Å²) in [6.07, 6.45) is 4.41. The largest absolute Gasteiger partial charge is 0.460 e. The molecule has 0 aliphatic rings. The summed E-state index contributed by atoms with van der Waals surface area (Å²) in [5, 5.41) is 0. The van der Waals surface area contributed by atoms with Gasteiger partial charge in [-0.1, -0.05) is 18.2 Å². The van der Waals surface area contributed by atoms with Gasteiger partial charge in [0.2, 0.25) is 0 Å². The highest BCUT2D eigenvalue weighted by Crippen LogP contribution is 2.21. The number of hydrogen-bond donors (Lipinski definition) is 1. The minimum Gasteiger partial charge on any atom is -0.460 e. The number of esters is 1. The van der Waals surface area contributed by atoms with E-state index in [0.29, 0.717) is 19.6 Å². The summed E-state index contributed by atoms with van der Waals surface area (Å²) in [7, 11) is 0. The van der Waals surface area contributed by atoms with Gasteiger partial charge in [0.1, 0.15) is 6.61 Å². The number of nitrogens with zero attached hydrogens (tertiary/aromatic N) is 1. The number of ether oxygens (including phenoxy) is 1. The zero-order valence-corrected chi connectivity index (χ0v) is 14.8. The Morgan fingerprint density at radius 3 is 2.52 bits per heavy atom. The van der Waals surface area contributed by atoms with Crippen LogP contribution in [-0.2, 0) is 22.6 Å². The molecule has 4 nitrogen and oxygen atoms in total. The van der Waals surface area contributed by atoms with Crippen molar-refractivity contribution in [3.8, 4) is 0 Å². The molecule has 0 spiro atoms. The molecule has 0 unspecified atom stereocenters. The maximum absolute atomic E-state index is 11.9. The predicted molar refractivity (Wildman–Crippen MR) is 95.4 cm³/mol. The van der Waals surface area contributed by atoms with Gasteiger partial charge in [-0.15, -0.1) is 0 Å². The van der Waals surface area contributed by atoms with E-state index in [1.165, 1.54) is 5.56 Å². The number of benzene rings is 1. The van der Waals surface area contributed by atoms with Crippen LogP contribution in [-0.4, -0.2) is 18.7 Å². The topological polar surface area (TPSA) is 64.7 Å². The number of hydrogen-bond acceptors (Lipinski definition) is 4. The fourth-order valence-corrected chi connectivity index (χ4v) is 2.11. The fourth-order valence-electron chi connectivity index (χ4n) is 2.11. The normalized spacial score (nSPS) is 12.7. The zero-order valence-electron chi connectivity index (χ0n) is 14.8. The van der Waals surface area contributed by atoms with Crippen LogP contribution in [0.4, 0.5) is 0 Å². The van der Waals surface area contributed by atoms with Gasteiger partial charge < -0.3 is 10.5 Å². The lowest BCUT2D eigenvalue weighted by Gasteiger charge is -2.18. The maximum atomic E-state index is 11.9. The van der Waals surface area contributed by atoms with Crippen molar-refractivity contribution >= 4 is 12.2 Å². The van der Waals surface area contributed by atoms with Crippen LogP contribution in [0.15, 0.2) is 35.0 Å². The van der Waals surface area contributed by atoms with Crippen molar-refractivity contribution in [2.24, 2.45) is 16.1 Å². The second-order valence-corrected chi connectivity index (χ2v) is 6.52. The molecule has 0 aliphatic heterocycles. The molecule has 0 bridgehead atoms. The minimum absolute atomic E-state index is 0.193. The second kappa shape index (κ2) is 8.63. The van der Waals surface area contributed by atoms with Gasteiger partial charge in [0, 0.05) is 24.9 Å². The molecule has 0 radical (unpaired) electrons. The summed E-state index contributed by atoms with van der Waals surface area (Å²) in [5.41, 5.74) is 9.37. The minimum atomic E-state index is -0.488. The highest BCUT2D eigenvalue weighted by atomic mass is 16.5. The average molecular weight is 316 g/mol. The van der Waals surface area contributed by atoms with E-state index in [2.05, 4.69) is 11.1 Å². The number of carbonyl (C=O) groups is 1. The Kier molecular flexibility index (Phi) is 7.17. The van der Waals surface area contributed by atoms with Gasteiger partial charge in [-0.2, -0.15) is 0 Å². The van der Waals surface area contributed by atoms with Crippen LogP contribution < -0.4 is 5.73 Å². The molecule has 4 heteroatoms. The first-order valence-corrected chi connectivity index (χ1v) is 7.92. The number of nitrogens with two attached hydrogens (primary N) is 1. The molecule has 1 rings (SSSR count). The van der Waals surface area contributed by atoms with Crippen LogP contribution >= 0.6 is 0 Å². The lowest BCUT2D eigenvalue weighted by atomic mass is 9.97. The third kappa shape index (κ3) is 5.99. The molecular formula is C19H28N2O2. The average Bonchev–Trinajstić information content (AvgIpc) is 2.47. The predicted octanol–water partition coefficient (Wildman–Crippen LogP) is 3.56. The van der Waals surface area contributed by atoms with Crippen molar-refractivity contribution in [2.75, 3.05) is 6.54 Å². The molecular weight excluding hydrogens is 288 g/mol. The van der Waals surface area contributed by atoms with Gasteiger partial charge in [-0.25, -0.2) is 0 Å². The Hall–Kier alpha value is -1.94. The van der Waals surface area contributed by atoms with Gasteiger partial charge >= 0.3 is 5.97 Å². The van der Waals surface area contributed by atoms with Crippen molar-refractivity contribution < 1.29 is 9.53 Å². The molecule has 0 aliphatic carbocycles. The molecule has 1 aromatic carbocycles. The van der Waals surface area contributed by atoms with Crippen molar-refractivity contribution in [1.29, 1.82) is 0 Å². The summed E-state index contributed by atoms with van der Waals surface area (Å²) in [6, 6.07) is 6.04. The Labute approximate surface area is 139 Å². The number of allylic oxidation sites excluding steroid dienone is 1. The van der Waals surface area contributed by atoms with Crippen LogP contribution in [0.5, 0.6) is 0 Å². The zero-order chi connectivity index (χ0) is 17.5. The highest BCUT2D eigenvalue weighted by Gasteiger charge is 2.23. The van der Waals surface area contributed by atoms with Gasteiger partial charge in [0.15, 0.2) is 0 Å². The quantitative estimate of drug-likeness (QED) is 0.644. The molecule has 126 valence electrons. The van der Waals surface area contributed by atoms with Crippen molar-refractivity contribution in [2.45, 2.75) is 47.6 Å². The van der Waals surface area contributed by atoms with Crippen LogP contribution in [0.25, 0.3) is 0 Å². The van der Waals surface area contributed by atoms with Crippen LogP contribution in [0.3, 0.4) is 0 Å². The summed E-state index contributed by atoms with van der Waals surface area (Å²) in [4.78, 5) is 16.3. The first-order chi connectivity index (χ1) is 10.8. The van der Waals surface area contributed by atoms with Gasteiger partial charge in [-0.3, -0.25) is 9.79 Å². The van der Waals surface area contributed by atoms with Gasteiger partial charge in [0.25, 0.3) is 0 Å². The molecule has 23 heavy (non-hydrogen) atoms. The van der Waals surface area contributed by atoms with Gasteiger partial charge in [-0.05, 0) is 57.4 Å². The molecule has 2 N–H and O–H groups in total. The highest BCUT2D eigenvalue weighted by molar-refractivity contribution is 5.75. The first-order valence-electron chi connectivity index (χ1n) is 7.92. The summed E-state index contributed by atoms with van der Waals surface area (Å²) < 4.78 is 5.43. The van der Waals surface area contributed by atoms with Crippen LogP contribution in [0.2, 0.25) is 0 Å². The summed E-state index contributed by atoms with van der Waals surface area (Å²) in [6.45, 7) is 10.3. The van der Waals surface area contributed by atoms with Crippen molar-refractivity contribution in [3.05, 3.63) is 46.7 Å². The van der Waals surface area contributed by atoms with E-state index in [1.54, 1.807) is 6.21 Å². The van der Waals surface area contributed by atoms with E-state index in [9.17, 15) is 4.79 Å². The van der Waals surface area contributed by atoms with E-state index < -0.39 is 5.41 Å². The number of aliphatic imine (C=N–C) groups is 1. The molecule has 0 heterocycles. The van der Waals surface area contributed by atoms with Crippen LogP contribution in [0.1, 0.15) is 44.4 Å². The van der Waals surface area contributed by atoms with E-state index >= 15 is 0 Å². The molecule has 0 saturated carbocycles. The van der Waals surface area contributed by atoms with E-state index in [0.717, 1.165) is 16.8 Å².